The van der Waals surface area contributed by atoms with E-state index in [1.807, 2.05) is 6.92 Å². The number of nitrogens with one attached hydrogen (secondary N) is 2. The van der Waals surface area contributed by atoms with Gasteiger partial charge in [0.25, 0.3) is 0 Å². The summed E-state index contributed by atoms with van der Waals surface area (Å²) in [6.07, 6.45) is 2.29. The highest BCUT2D eigenvalue weighted by atomic mass is 32.1. The topological polar surface area (TPSA) is 68.3 Å². The van der Waals surface area contributed by atoms with Crippen LogP contribution >= 0.6 is 12.2 Å². The molecule has 2 rings (SSSR count). The summed E-state index contributed by atoms with van der Waals surface area (Å²) in [4.78, 5) is 10.00. The van der Waals surface area contributed by atoms with Gasteiger partial charge in [0.2, 0.25) is 0 Å². The van der Waals surface area contributed by atoms with Gasteiger partial charge in [-0.2, -0.15) is 5.26 Å². The minimum atomic E-state index is 0.495. The number of aromatic amines is 2. The number of aromatic nitrogens is 3. The van der Waals surface area contributed by atoms with Crippen LogP contribution in [0.25, 0.3) is 11.0 Å². The Morgan fingerprint density at radius 3 is 3.00 bits per heavy atom. The molecule has 2 heterocycles. The largest absolute Gasteiger partial charge is 0.354 e. The molecule has 0 spiro atoms. The number of H-pyrrole nitrogens is 2. The molecule has 0 unspecified atom stereocenters. The van der Waals surface area contributed by atoms with Crippen molar-refractivity contribution in [3.63, 3.8) is 0 Å². The van der Waals surface area contributed by atoms with Crippen molar-refractivity contribution in [3.8, 4) is 6.07 Å². The van der Waals surface area contributed by atoms with Crippen LogP contribution in [0.2, 0.25) is 0 Å². The Balaban J connectivity index is 2.95. The number of aryl methyl sites for hydroxylation is 1. The fourth-order valence-electron chi connectivity index (χ4n) is 1.47. The van der Waals surface area contributed by atoms with Crippen LogP contribution in [-0.2, 0) is 6.42 Å². The zero-order valence-electron chi connectivity index (χ0n) is 7.59. The van der Waals surface area contributed by atoms with Crippen LogP contribution in [0.1, 0.15) is 18.2 Å². The molecule has 0 amide bonds. The van der Waals surface area contributed by atoms with Crippen molar-refractivity contribution in [3.05, 3.63) is 22.2 Å². The molecule has 0 aliphatic heterocycles. The fraction of sp³-hybridized carbons (Fsp3) is 0.222. The van der Waals surface area contributed by atoms with Crippen molar-refractivity contribution in [2.24, 2.45) is 0 Å². The first-order valence-corrected chi connectivity index (χ1v) is 4.67. The Hall–Kier alpha value is -1.67. The monoisotopic (exact) mass is 204 g/mol. The summed E-state index contributed by atoms with van der Waals surface area (Å²) in [5, 5.41) is 8.98. The van der Waals surface area contributed by atoms with E-state index in [2.05, 4.69) is 21.0 Å². The van der Waals surface area contributed by atoms with E-state index in [1.165, 1.54) is 6.33 Å². The summed E-state index contributed by atoms with van der Waals surface area (Å²) in [7, 11) is 0. The lowest BCUT2D eigenvalue weighted by Gasteiger charge is -1.89. The Bertz CT molecular complexity index is 572. The second kappa shape index (κ2) is 3.24. The first-order valence-electron chi connectivity index (χ1n) is 4.26. The van der Waals surface area contributed by atoms with E-state index in [0.29, 0.717) is 10.2 Å². The van der Waals surface area contributed by atoms with Crippen molar-refractivity contribution < 1.29 is 0 Å². The Morgan fingerprint density at radius 1 is 1.57 bits per heavy atom. The predicted octanol–water partition coefficient (Wildman–Crippen LogP) is 2.05. The quantitative estimate of drug-likeness (QED) is 0.698. The standard InChI is InChI=1S/C9H8N4S/c1-2-6-5(3-10)7-8(13-6)9(14)12-4-11-7/h4,13H,2H2,1H3,(H,11,12,14). The van der Waals surface area contributed by atoms with Crippen LogP contribution in [0.4, 0.5) is 0 Å². The average molecular weight is 204 g/mol. The van der Waals surface area contributed by atoms with Gasteiger partial charge in [0.05, 0.1) is 17.4 Å². The summed E-state index contributed by atoms with van der Waals surface area (Å²) >= 11 is 5.05. The van der Waals surface area contributed by atoms with E-state index in [1.54, 1.807) is 0 Å². The third-order valence-corrected chi connectivity index (χ3v) is 2.46. The van der Waals surface area contributed by atoms with Gasteiger partial charge in [-0.3, -0.25) is 0 Å². The first kappa shape index (κ1) is 8.91. The molecule has 2 N–H and O–H groups in total. The van der Waals surface area contributed by atoms with E-state index in [4.69, 9.17) is 17.5 Å². The van der Waals surface area contributed by atoms with E-state index >= 15 is 0 Å². The molecule has 5 heteroatoms. The molecular weight excluding hydrogens is 196 g/mol. The molecule has 0 saturated heterocycles. The number of fused-ring (bicyclic) bond motifs is 1. The third-order valence-electron chi connectivity index (χ3n) is 2.15. The molecule has 14 heavy (non-hydrogen) atoms. The van der Waals surface area contributed by atoms with Gasteiger partial charge < -0.3 is 9.97 Å². The molecule has 0 aliphatic rings. The fourth-order valence-corrected chi connectivity index (χ4v) is 1.67. The number of nitriles is 1. The van der Waals surface area contributed by atoms with Crippen molar-refractivity contribution >= 4 is 23.3 Å². The lowest BCUT2D eigenvalue weighted by atomic mass is 10.2. The molecule has 0 fully saturated rings. The normalized spacial score (nSPS) is 10.3. The highest BCUT2D eigenvalue weighted by Crippen LogP contribution is 2.19. The summed E-state index contributed by atoms with van der Waals surface area (Å²) in [5.41, 5.74) is 3.04. The maximum absolute atomic E-state index is 8.98. The summed E-state index contributed by atoms with van der Waals surface area (Å²) < 4.78 is 0.495. The van der Waals surface area contributed by atoms with Crippen molar-refractivity contribution in [1.29, 1.82) is 5.26 Å². The zero-order valence-corrected chi connectivity index (χ0v) is 8.40. The molecule has 0 radical (unpaired) electrons. The number of nitrogens with zero attached hydrogens (tertiary/aromatic N) is 2. The van der Waals surface area contributed by atoms with Gasteiger partial charge in [0.15, 0.2) is 4.64 Å². The highest BCUT2D eigenvalue weighted by molar-refractivity contribution is 7.71. The van der Waals surface area contributed by atoms with Crippen molar-refractivity contribution in [1.82, 2.24) is 15.0 Å². The third kappa shape index (κ3) is 1.12. The molecule has 2 aromatic heterocycles. The maximum Gasteiger partial charge on any atom is 0.153 e. The molecule has 70 valence electrons. The molecule has 0 saturated carbocycles. The van der Waals surface area contributed by atoms with Gasteiger partial charge in [-0.15, -0.1) is 0 Å². The zero-order chi connectivity index (χ0) is 10.1. The summed E-state index contributed by atoms with van der Waals surface area (Å²) in [6, 6.07) is 2.16. The predicted molar refractivity (Wildman–Crippen MR) is 55.4 cm³/mol. The molecule has 0 bridgehead atoms. The van der Waals surface area contributed by atoms with E-state index in [9.17, 15) is 0 Å². The van der Waals surface area contributed by atoms with Crippen molar-refractivity contribution in [2.45, 2.75) is 13.3 Å². The van der Waals surface area contributed by atoms with Crippen LogP contribution in [0.15, 0.2) is 6.33 Å². The molecule has 4 nitrogen and oxygen atoms in total. The summed E-state index contributed by atoms with van der Waals surface area (Å²) in [6.45, 7) is 1.99. The first-order chi connectivity index (χ1) is 6.77. The SMILES string of the molecule is CCc1[nH]c2c(=S)nc[nH]c2c1C#N. The molecular formula is C9H8N4S. The minimum Gasteiger partial charge on any atom is -0.354 e. The molecule has 0 atom stereocenters. The molecule has 2 aromatic rings. The minimum absolute atomic E-state index is 0.495. The van der Waals surface area contributed by atoms with Gasteiger partial charge in [0, 0.05) is 5.69 Å². The van der Waals surface area contributed by atoms with Gasteiger partial charge in [-0.05, 0) is 6.42 Å². The smallest absolute Gasteiger partial charge is 0.153 e. The van der Waals surface area contributed by atoms with E-state index in [0.717, 1.165) is 23.1 Å². The van der Waals surface area contributed by atoms with Crippen molar-refractivity contribution in [2.75, 3.05) is 0 Å². The van der Waals surface area contributed by atoms with Gasteiger partial charge in [-0.25, -0.2) is 4.98 Å². The molecule has 0 aliphatic carbocycles. The average Bonchev–Trinajstić information content (AvgIpc) is 2.57. The van der Waals surface area contributed by atoms with Gasteiger partial charge in [0.1, 0.15) is 11.6 Å². The Labute approximate surface area is 85.6 Å². The number of hydrogen-bond acceptors (Lipinski definition) is 3. The highest BCUT2D eigenvalue weighted by Gasteiger charge is 2.10. The van der Waals surface area contributed by atoms with Gasteiger partial charge in [-0.1, -0.05) is 19.1 Å². The van der Waals surface area contributed by atoms with E-state index in [-0.39, 0.29) is 0 Å². The number of rotatable bonds is 1. The number of hydrogen-bond donors (Lipinski definition) is 2. The van der Waals surface area contributed by atoms with Gasteiger partial charge >= 0.3 is 0 Å². The van der Waals surface area contributed by atoms with Crippen LogP contribution < -0.4 is 0 Å². The van der Waals surface area contributed by atoms with Crippen LogP contribution in [0, 0.1) is 16.0 Å². The maximum atomic E-state index is 8.98. The van der Waals surface area contributed by atoms with Crippen LogP contribution in [0.3, 0.4) is 0 Å². The second-order valence-corrected chi connectivity index (χ2v) is 3.29. The summed E-state index contributed by atoms with van der Waals surface area (Å²) in [5.74, 6) is 0. The second-order valence-electron chi connectivity index (χ2n) is 2.90. The van der Waals surface area contributed by atoms with E-state index < -0.39 is 0 Å². The van der Waals surface area contributed by atoms with Crippen LogP contribution in [0.5, 0.6) is 0 Å². The molecule has 0 aromatic carbocycles. The lowest BCUT2D eigenvalue weighted by molar-refractivity contribution is 1.06. The lowest BCUT2D eigenvalue weighted by Crippen LogP contribution is -1.83. The Morgan fingerprint density at radius 2 is 2.36 bits per heavy atom. The van der Waals surface area contributed by atoms with Crippen LogP contribution in [-0.4, -0.2) is 15.0 Å². The Kier molecular flexibility index (Phi) is 2.06.